The molecule has 0 saturated carbocycles. The van der Waals surface area contributed by atoms with Crippen LogP contribution in [-0.4, -0.2) is 37.4 Å². The molecule has 0 spiro atoms. The Kier molecular flexibility index (Phi) is 6.29. The van der Waals surface area contributed by atoms with Crippen molar-refractivity contribution in [1.82, 2.24) is 14.9 Å². The first-order valence-electron chi connectivity index (χ1n) is 7.63. The molecule has 0 aliphatic carbocycles. The molecule has 0 aliphatic heterocycles. The van der Waals surface area contributed by atoms with E-state index in [0.717, 1.165) is 25.2 Å². The Morgan fingerprint density at radius 3 is 2.35 bits per heavy atom. The number of rotatable bonds is 9. The normalized spacial score (nSPS) is 12.0. The van der Waals surface area contributed by atoms with Gasteiger partial charge in [-0.05, 0) is 30.2 Å². The molecule has 1 N–H and O–H groups in total. The Labute approximate surface area is 137 Å². The second kappa shape index (κ2) is 8.43. The zero-order chi connectivity index (χ0) is 16.7. The van der Waals surface area contributed by atoms with Gasteiger partial charge in [-0.1, -0.05) is 6.92 Å². The lowest BCUT2D eigenvalue weighted by atomic mass is 10.1. The van der Waals surface area contributed by atoms with Crippen molar-refractivity contribution in [3.05, 3.63) is 36.4 Å². The zero-order valence-electron chi connectivity index (χ0n) is 14.2. The smallest absolute Gasteiger partial charge is 0.203 e. The molecular formula is C17H25N3O3. The number of methoxy groups -OCH3 is 3. The molecule has 1 aromatic heterocycles. The summed E-state index contributed by atoms with van der Waals surface area (Å²) in [6, 6.07) is 3.93. The number of benzene rings is 1. The fourth-order valence-corrected chi connectivity index (χ4v) is 2.52. The van der Waals surface area contributed by atoms with Crippen molar-refractivity contribution in [3.63, 3.8) is 0 Å². The molecule has 2 aromatic rings. The summed E-state index contributed by atoms with van der Waals surface area (Å²) >= 11 is 0. The average molecular weight is 319 g/mol. The summed E-state index contributed by atoms with van der Waals surface area (Å²) in [6.07, 6.45) is 5.63. The molecule has 0 radical (unpaired) electrons. The molecule has 1 heterocycles. The molecule has 0 fully saturated rings. The number of hydrogen-bond donors (Lipinski definition) is 1. The summed E-state index contributed by atoms with van der Waals surface area (Å²) in [6.45, 7) is 4.81. The summed E-state index contributed by atoms with van der Waals surface area (Å²) < 4.78 is 18.2. The molecule has 1 atom stereocenters. The molecule has 0 aliphatic rings. The maximum absolute atomic E-state index is 5.37. The summed E-state index contributed by atoms with van der Waals surface area (Å²) in [5.41, 5.74) is 1.09. The third-order valence-electron chi connectivity index (χ3n) is 3.63. The standard InChI is InChI=1S/C17H25N3O3/c1-13(11-20-6-5-18-12-20)9-19-10-14-7-15(21-2)17(23-4)16(8-14)22-3/h5-8,12-13,19H,9-11H2,1-4H3. The minimum Gasteiger partial charge on any atom is -0.493 e. The maximum Gasteiger partial charge on any atom is 0.203 e. The highest BCUT2D eigenvalue weighted by molar-refractivity contribution is 5.53. The van der Waals surface area contributed by atoms with Gasteiger partial charge in [0.1, 0.15) is 0 Å². The van der Waals surface area contributed by atoms with Crippen molar-refractivity contribution in [3.8, 4) is 17.2 Å². The summed E-state index contributed by atoms with van der Waals surface area (Å²) in [7, 11) is 4.86. The van der Waals surface area contributed by atoms with E-state index in [1.807, 2.05) is 24.7 Å². The molecule has 0 saturated heterocycles. The fourth-order valence-electron chi connectivity index (χ4n) is 2.52. The van der Waals surface area contributed by atoms with E-state index >= 15 is 0 Å². The Hall–Kier alpha value is -2.21. The predicted molar refractivity (Wildman–Crippen MR) is 89.2 cm³/mol. The minimum atomic E-state index is 0.506. The largest absolute Gasteiger partial charge is 0.493 e. The van der Waals surface area contributed by atoms with Crippen molar-refractivity contribution in [2.75, 3.05) is 27.9 Å². The molecule has 6 nitrogen and oxygen atoms in total. The Morgan fingerprint density at radius 2 is 1.83 bits per heavy atom. The highest BCUT2D eigenvalue weighted by Crippen LogP contribution is 2.38. The van der Waals surface area contributed by atoms with E-state index in [1.165, 1.54) is 0 Å². The van der Waals surface area contributed by atoms with Crippen LogP contribution in [0, 0.1) is 5.92 Å². The van der Waals surface area contributed by atoms with Gasteiger partial charge in [-0.25, -0.2) is 4.98 Å². The van der Waals surface area contributed by atoms with Crippen molar-refractivity contribution >= 4 is 0 Å². The third-order valence-corrected chi connectivity index (χ3v) is 3.63. The maximum atomic E-state index is 5.37. The van der Waals surface area contributed by atoms with Crippen LogP contribution in [0.15, 0.2) is 30.9 Å². The quantitative estimate of drug-likeness (QED) is 0.769. The van der Waals surface area contributed by atoms with Crippen LogP contribution >= 0.6 is 0 Å². The molecule has 1 aromatic carbocycles. The number of ether oxygens (including phenoxy) is 3. The number of hydrogen-bond acceptors (Lipinski definition) is 5. The van der Waals surface area contributed by atoms with Crippen molar-refractivity contribution in [1.29, 1.82) is 0 Å². The van der Waals surface area contributed by atoms with E-state index in [4.69, 9.17) is 14.2 Å². The molecule has 1 unspecified atom stereocenters. The average Bonchev–Trinajstić information content (AvgIpc) is 3.06. The van der Waals surface area contributed by atoms with E-state index in [2.05, 4.69) is 21.8 Å². The summed E-state index contributed by atoms with van der Waals surface area (Å²) in [5, 5.41) is 3.47. The van der Waals surface area contributed by atoms with Crippen LogP contribution in [0.4, 0.5) is 0 Å². The third kappa shape index (κ3) is 4.63. The molecule has 2 rings (SSSR count). The highest BCUT2D eigenvalue weighted by atomic mass is 16.5. The SMILES string of the molecule is COc1cc(CNCC(C)Cn2ccnc2)cc(OC)c1OC. The van der Waals surface area contributed by atoms with Gasteiger partial charge in [0.25, 0.3) is 0 Å². The molecule has 0 amide bonds. The number of aromatic nitrogens is 2. The van der Waals surface area contributed by atoms with Gasteiger partial charge in [-0.3, -0.25) is 0 Å². The monoisotopic (exact) mass is 319 g/mol. The minimum absolute atomic E-state index is 0.506. The first-order valence-corrected chi connectivity index (χ1v) is 7.63. The Morgan fingerprint density at radius 1 is 1.13 bits per heavy atom. The van der Waals surface area contributed by atoms with Crippen LogP contribution in [0.25, 0.3) is 0 Å². The van der Waals surface area contributed by atoms with Gasteiger partial charge < -0.3 is 24.1 Å². The first-order chi connectivity index (χ1) is 11.2. The highest BCUT2D eigenvalue weighted by Gasteiger charge is 2.13. The van der Waals surface area contributed by atoms with Crippen LogP contribution in [0.2, 0.25) is 0 Å². The van der Waals surface area contributed by atoms with Gasteiger partial charge in [-0.15, -0.1) is 0 Å². The lowest BCUT2D eigenvalue weighted by Crippen LogP contribution is -2.23. The van der Waals surface area contributed by atoms with Gasteiger partial charge in [0, 0.05) is 25.5 Å². The predicted octanol–water partition coefficient (Wildman–Crippen LogP) is 2.33. The second-order valence-corrected chi connectivity index (χ2v) is 5.53. The van der Waals surface area contributed by atoms with Gasteiger partial charge in [-0.2, -0.15) is 0 Å². The van der Waals surface area contributed by atoms with Crippen molar-refractivity contribution in [2.45, 2.75) is 20.0 Å². The lowest BCUT2D eigenvalue weighted by molar-refractivity contribution is 0.323. The van der Waals surface area contributed by atoms with Gasteiger partial charge in [0.15, 0.2) is 11.5 Å². The molecule has 23 heavy (non-hydrogen) atoms. The summed E-state index contributed by atoms with van der Waals surface area (Å²) in [4.78, 5) is 4.06. The van der Waals surface area contributed by atoms with Gasteiger partial charge in [0.2, 0.25) is 5.75 Å². The van der Waals surface area contributed by atoms with Crippen molar-refractivity contribution in [2.24, 2.45) is 5.92 Å². The van der Waals surface area contributed by atoms with Crippen LogP contribution in [-0.2, 0) is 13.1 Å². The molecular weight excluding hydrogens is 294 g/mol. The van der Waals surface area contributed by atoms with Gasteiger partial charge in [0.05, 0.1) is 27.7 Å². The molecule has 6 heteroatoms. The van der Waals surface area contributed by atoms with Crippen LogP contribution in [0.1, 0.15) is 12.5 Å². The molecule has 126 valence electrons. The van der Waals surface area contributed by atoms with E-state index in [9.17, 15) is 0 Å². The number of imidazole rings is 1. The Balaban J connectivity index is 1.92. The lowest BCUT2D eigenvalue weighted by Gasteiger charge is -2.16. The van der Waals surface area contributed by atoms with Crippen LogP contribution in [0.5, 0.6) is 17.2 Å². The number of nitrogens with zero attached hydrogens (tertiary/aromatic N) is 2. The topological polar surface area (TPSA) is 57.5 Å². The van der Waals surface area contributed by atoms with Crippen molar-refractivity contribution < 1.29 is 14.2 Å². The van der Waals surface area contributed by atoms with Gasteiger partial charge >= 0.3 is 0 Å². The zero-order valence-corrected chi connectivity index (χ0v) is 14.2. The van der Waals surface area contributed by atoms with E-state index < -0.39 is 0 Å². The first kappa shape index (κ1) is 17.1. The van der Waals surface area contributed by atoms with Crippen LogP contribution in [0.3, 0.4) is 0 Å². The van der Waals surface area contributed by atoms with Crippen LogP contribution < -0.4 is 19.5 Å². The molecule has 0 bridgehead atoms. The fraction of sp³-hybridized carbons (Fsp3) is 0.471. The van der Waals surface area contributed by atoms with E-state index in [-0.39, 0.29) is 0 Å². The van der Waals surface area contributed by atoms with E-state index in [0.29, 0.717) is 23.2 Å². The van der Waals surface area contributed by atoms with E-state index in [1.54, 1.807) is 27.5 Å². The number of nitrogens with one attached hydrogen (secondary N) is 1. The second-order valence-electron chi connectivity index (χ2n) is 5.53. The Bertz CT molecular complexity index is 574. The summed E-state index contributed by atoms with van der Waals surface area (Å²) in [5.74, 6) is 2.48.